The Morgan fingerprint density at radius 3 is 2.57 bits per heavy atom. The molecular weight excluding hydrogens is 296 g/mol. The van der Waals surface area contributed by atoms with Gasteiger partial charge in [0.05, 0.1) is 5.56 Å². The van der Waals surface area contributed by atoms with Crippen molar-refractivity contribution in [3.8, 4) is 11.5 Å². The number of esters is 1. The Bertz CT molecular complexity index is 751. The van der Waals surface area contributed by atoms with E-state index in [0.717, 1.165) is 5.56 Å². The molecule has 1 heterocycles. The number of hydrogen-bond donors (Lipinski definition) is 0. The summed E-state index contributed by atoms with van der Waals surface area (Å²) in [5.41, 5.74) is 1.81. The zero-order valence-electron chi connectivity index (χ0n) is 12.7. The Kier molecular flexibility index (Phi) is 4.28. The van der Waals surface area contributed by atoms with Gasteiger partial charge in [-0.2, -0.15) is 0 Å². The van der Waals surface area contributed by atoms with E-state index in [1.165, 1.54) is 0 Å². The van der Waals surface area contributed by atoms with Crippen molar-refractivity contribution in [1.29, 1.82) is 0 Å². The van der Waals surface area contributed by atoms with E-state index < -0.39 is 5.97 Å². The van der Waals surface area contributed by atoms with E-state index in [1.807, 2.05) is 13.0 Å². The van der Waals surface area contributed by atoms with Crippen molar-refractivity contribution in [1.82, 2.24) is 0 Å². The Hall–Kier alpha value is -2.82. The summed E-state index contributed by atoms with van der Waals surface area (Å²) in [4.78, 5) is 24.1. The Balaban J connectivity index is 1.64. The molecule has 0 fully saturated rings. The molecule has 5 nitrogen and oxygen atoms in total. The highest BCUT2D eigenvalue weighted by Crippen LogP contribution is 2.30. The minimum absolute atomic E-state index is 0.289. The van der Waals surface area contributed by atoms with E-state index in [0.29, 0.717) is 35.8 Å². The van der Waals surface area contributed by atoms with Gasteiger partial charge in [-0.15, -0.1) is 0 Å². The van der Waals surface area contributed by atoms with E-state index >= 15 is 0 Å². The minimum atomic E-state index is -0.514. The van der Waals surface area contributed by atoms with Crippen molar-refractivity contribution in [2.24, 2.45) is 0 Å². The third-order valence-corrected chi connectivity index (χ3v) is 3.45. The van der Waals surface area contributed by atoms with Gasteiger partial charge in [-0.25, -0.2) is 4.79 Å². The number of benzene rings is 2. The second kappa shape index (κ2) is 6.52. The highest BCUT2D eigenvalue weighted by molar-refractivity contribution is 5.99. The maximum atomic E-state index is 12.2. The summed E-state index contributed by atoms with van der Waals surface area (Å²) in [5.74, 6) is 0.347. The first-order chi connectivity index (χ1) is 11.1. The fraction of sp³-hybridized carbons (Fsp3) is 0.222. The van der Waals surface area contributed by atoms with Gasteiger partial charge in [0.15, 0.2) is 23.9 Å². The molecule has 0 saturated carbocycles. The predicted molar refractivity (Wildman–Crippen MR) is 83.2 cm³/mol. The van der Waals surface area contributed by atoms with Crippen molar-refractivity contribution in [3.05, 3.63) is 59.2 Å². The van der Waals surface area contributed by atoms with Crippen LogP contribution in [-0.4, -0.2) is 31.6 Å². The normalized spacial score (nSPS) is 12.6. The summed E-state index contributed by atoms with van der Waals surface area (Å²) in [7, 11) is 0. The molecule has 23 heavy (non-hydrogen) atoms. The van der Waals surface area contributed by atoms with Crippen LogP contribution >= 0.6 is 0 Å². The summed E-state index contributed by atoms with van der Waals surface area (Å²) >= 11 is 0. The highest BCUT2D eigenvalue weighted by atomic mass is 16.6. The number of rotatable bonds is 4. The van der Waals surface area contributed by atoms with Crippen LogP contribution in [0.25, 0.3) is 0 Å². The van der Waals surface area contributed by atoms with Crippen LogP contribution in [0.5, 0.6) is 11.5 Å². The maximum absolute atomic E-state index is 12.2. The second-order valence-corrected chi connectivity index (χ2v) is 5.23. The summed E-state index contributed by atoms with van der Waals surface area (Å²) < 4.78 is 15.9. The Morgan fingerprint density at radius 1 is 1.00 bits per heavy atom. The van der Waals surface area contributed by atoms with Gasteiger partial charge in [0, 0.05) is 5.56 Å². The van der Waals surface area contributed by atoms with Crippen LogP contribution in [0.1, 0.15) is 26.3 Å². The molecule has 0 bridgehead atoms. The molecule has 118 valence electrons. The van der Waals surface area contributed by atoms with E-state index in [4.69, 9.17) is 14.2 Å². The number of Topliss-reactive ketones (excluding diaryl/α,β-unsaturated/α-hetero) is 1. The molecule has 0 N–H and O–H groups in total. The summed E-state index contributed by atoms with van der Waals surface area (Å²) in [5, 5.41) is 0. The van der Waals surface area contributed by atoms with Crippen LogP contribution < -0.4 is 9.47 Å². The van der Waals surface area contributed by atoms with Crippen molar-refractivity contribution in [2.75, 3.05) is 19.8 Å². The highest BCUT2D eigenvalue weighted by Gasteiger charge is 2.16. The molecule has 3 rings (SSSR count). The smallest absolute Gasteiger partial charge is 0.338 e. The monoisotopic (exact) mass is 312 g/mol. The third kappa shape index (κ3) is 3.51. The molecule has 2 aromatic rings. The first-order valence-corrected chi connectivity index (χ1v) is 7.30. The van der Waals surface area contributed by atoms with E-state index in [1.54, 1.807) is 36.4 Å². The molecule has 5 heteroatoms. The van der Waals surface area contributed by atoms with Crippen molar-refractivity contribution < 1.29 is 23.8 Å². The third-order valence-electron chi connectivity index (χ3n) is 3.45. The van der Waals surface area contributed by atoms with E-state index in [9.17, 15) is 9.59 Å². The lowest BCUT2D eigenvalue weighted by atomic mass is 10.1. The van der Waals surface area contributed by atoms with Crippen molar-refractivity contribution in [3.63, 3.8) is 0 Å². The summed E-state index contributed by atoms with van der Waals surface area (Å²) in [6, 6.07) is 12.0. The van der Waals surface area contributed by atoms with Crippen LogP contribution in [-0.2, 0) is 4.74 Å². The van der Waals surface area contributed by atoms with Gasteiger partial charge in [0.1, 0.15) is 13.2 Å². The zero-order chi connectivity index (χ0) is 16.2. The summed E-state index contributed by atoms with van der Waals surface area (Å²) in [6.07, 6.45) is 0. The molecule has 0 spiro atoms. The molecule has 0 unspecified atom stereocenters. The van der Waals surface area contributed by atoms with Crippen LogP contribution in [0.15, 0.2) is 42.5 Å². The van der Waals surface area contributed by atoms with Crippen LogP contribution in [0.4, 0.5) is 0 Å². The molecule has 0 amide bonds. The predicted octanol–water partition coefficient (Wildman–Crippen LogP) is 2.81. The number of carbonyl (C=O) groups is 2. The van der Waals surface area contributed by atoms with Gasteiger partial charge in [-0.05, 0) is 37.3 Å². The van der Waals surface area contributed by atoms with Crippen LogP contribution in [0.2, 0.25) is 0 Å². The minimum Gasteiger partial charge on any atom is -0.486 e. The van der Waals surface area contributed by atoms with Gasteiger partial charge in [-0.1, -0.05) is 17.7 Å². The van der Waals surface area contributed by atoms with Gasteiger partial charge < -0.3 is 14.2 Å². The number of carbonyl (C=O) groups excluding carboxylic acids is 2. The first kappa shape index (κ1) is 15.1. The van der Waals surface area contributed by atoms with Crippen molar-refractivity contribution in [2.45, 2.75) is 6.92 Å². The van der Waals surface area contributed by atoms with Crippen molar-refractivity contribution >= 4 is 11.8 Å². The van der Waals surface area contributed by atoms with E-state index in [-0.39, 0.29) is 12.4 Å². The molecule has 0 radical (unpaired) electrons. The zero-order valence-corrected chi connectivity index (χ0v) is 12.7. The van der Waals surface area contributed by atoms with Crippen LogP contribution in [0.3, 0.4) is 0 Å². The molecule has 1 aliphatic rings. The van der Waals surface area contributed by atoms with Gasteiger partial charge in [0.2, 0.25) is 0 Å². The Labute approximate surface area is 133 Å². The number of fused-ring (bicyclic) bond motifs is 1. The van der Waals surface area contributed by atoms with E-state index in [2.05, 4.69) is 0 Å². The fourth-order valence-corrected chi connectivity index (χ4v) is 2.29. The first-order valence-electron chi connectivity index (χ1n) is 7.30. The average molecular weight is 312 g/mol. The lowest BCUT2D eigenvalue weighted by Crippen LogP contribution is -2.17. The van der Waals surface area contributed by atoms with Crippen LogP contribution in [0, 0.1) is 6.92 Å². The van der Waals surface area contributed by atoms with Gasteiger partial charge in [-0.3, -0.25) is 4.79 Å². The number of aryl methyl sites for hydroxylation is 1. The lowest BCUT2D eigenvalue weighted by molar-refractivity contribution is 0.0474. The number of ketones is 1. The summed E-state index contributed by atoms with van der Waals surface area (Å²) in [6.45, 7) is 2.52. The molecule has 0 aromatic heterocycles. The molecular formula is C18H16O5. The molecule has 2 aromatic carbocycles. The quantitative estimate of drug-likeness (QED) is 0.642. The average Bonchev–Trinajstić information content (AvgIpc) is 2.59. The van der Waals surface area contributed by atoms with Gasteiger partial charge in [0.25, 0.3) is 0 Å². The number of hydrogen-bond acceptors (Lipinski definition) is 5. The maximum Gasteiger partial charge on any atom is 0.338 e. The molecule has 0 aliphatic carbocycles. The standard InChI is InChI=1S/C18H16O5/c1-12-3-2-4-14(9-12)18(20)23-11-15(19)13-5-6-16-17(10-13)22-8-7-21-16/h2-6,9-10H,7-8,11H2,1H3. The SMILES string of the molecule is Cc1cccc(C(=O)OCC(=O)c2ccc3c(c2)OCCO3)c1. The molecule has 0 atom stereocenters. The Morgan fingerprint density at radius 2 is 1.78 bits per heavy atom. The number of ether oxygens (including phenoxy) is 3. The topological polar surface area (TPSA) is 61.8 Å². The van der Waals surface area contributed by atoms with Gasteiger partial charge >= 0.3 is 5.97 Å². The molecule has 1 aliphatic heterocycles. The second-order valence-electron chi connectivity index (χ2n) is 5.23. The largest absolute Gasteiger partial charge is 0.486 e. The molecule has 0 saturated heterocycles. The lowest BCUT2D eigenvalue weighted by Gasteiger charge is -2.18. The fourth-order valence-electron chi connectivity index (χ4n) is 2.29.